The molecule has 0 saturated carbocycles. The second-order valence-corrected chi connectivity index (χ2v) is 13.0. The van der Waals surface area contributed by atoms with Crippen LogP contribution in [0.5, 0.6) is 0 Å². The normalized spacial score (nSPS) is 13.2. The Labute approximate surface area is 227 Å². The number of Topliss-reactive ketones (excluding diaryl/α,β-unsaturated/α-hetero) is 1. The predicted octanol–water partition coefficient (Wildman–Crippen LogP) is 5.27. The first-order chi connectivity index (χ1) is 17.2. The summed E-state index contributed by atoms with van der Waals surface area (Å²) in [6.45, 7) is 12.0. The van der Waals surface area contributed by atoms with Crippen LogP contribution in [0.1, 0.15) is 66.9 Å². The highest BCUT2D eigenvalue weighted by atomic mass is 33.1. The standard InChI is InChI=1S/C26H40N2O7S2/c1-18(29)20(27-23(31)34-25(2,3)4)14-11-15-36-37-17-21(28-24(32)35-26(5,6)7)22(30)33-16-19-12-9-8-10-13-19/h8-10,12-13,20-21H,11,14-17H2,1-7H3,(H,27,31)(H,28,32)/t20-,21-/m0/s1. The molecule has 0 bridgehead atoms. The summed E-state index contributed by atoms with van der Waals surface area (Å²) in [7, 11) is 2.90. The van der Waals surface area contributed by atoms with Gasteiger partial charge in [-0.3, -0.25) is 4.79 Å². The monoisotopic (exact) mass is 556 g/mol. The number of carbonyl (C=O) groups excluding carboxylic acids is 4. The Morgan fingerprint density at radius 3 is 1.89 bits per heavy atom. The molecule has 208 valence electrons. The van der Waals surface area contributed by atoms with Crippen molar-refractivity contribution in [1.29, 1.82) is 0 Å². The van der Waals surface area contributed by atoms with E-state index in [0.717, 1.165) is 5.56 Å². The number of carbonyl (C=O) groups is 4. The van der Waals surface area contributed by atoms with Crippen molar-refractivity contribution >= 4 is 45.5 Å². The molecule has 2 N–H and O–H groups in total. The van der Waals surface area contributed by atoms with E-state index in [1.807, 2.05) is 30.3 Å². The maximum Gasteiger partial charge on any atom is 0.408 e. The number of ketones is 1. The third kappa shape index (κ3) is 16.1. The van der Waals surface area contributed by atoms with Gasteiger partial charge in [-0.2, -0.15) is 0 Å². The molecule has 1 rings (SSSR count). The van der Waals surface area contributed by atoms with E-state index in [0.29, 0.717) is 18.6 Å². The van der Waals surface area contributed by atoms with Gasteiger partial charge >= 0.3 is 18.2 Å². The van der Waals surface area contributed by atoms with Gasteiger partial charge in [0.2, 0.25) is 0 Å². The van der Waals surface area contributed by atoms with Crippen LogP contribution in [0, 0.1) is 0 Å². The third-order valence-electron chi connectivity index (χ3n) is 4.42. The van der Waals surface area contributed by atoms with Crippen LogP contribution in [0.2, 0.25) is 0 Å². The molecule has 1 aromatic rings. The van der Waals surface area contributed by atoms with E-state index in [-0.39, 0.29) is 18.1 Å². The second-order valence-electron chi connectivity index (χ2n) is 10.4. The molecule has 0 aliphatic carbocycles. The quantitative estimate of drug-likeness (QED) is 0.145. The van der Waals surface area contributed by atoms with Crippen LogP contribution in [-0.4, -0.2) is 58.7 Å². The minimum atomic E-state index is -0.894. The van der Waals surface area contributed by atoms with E-state index in [1.54, 1.807) is 41.5 Å². The van der Waals surface area contributed by atoms with Crippen LogP contribution in [0.25, 0.3) is 0 Å². The SMILES string of the molecule is CC(=O)[C@H](CCCSSC[C@H](NC(=O)OC(C)(C)C)C(=O)OCc1ccccc1)NC(=O)OC(C)(C)C. The smallest absolute Gasteiger partial charge is 0.408 e. The predicted molar refractivity (Wildman–Crippen MR) is 147 cm³/mol. The highest BCUT2D eigenvalue weighted by molar-refractivity contribution is 8.76. The first-order valence-corrected chi connectivity index (χ1v) is 14.6. The molecule has 0 fully saturated rings. The zero-order chi connectivity index (χ0) is 28.1. The molecule has 0 aromatic heterocycles. The van der Waals surface area contributed by atoms with Crippen molar-refractivity contribution in [3.05, 3.63) is 35.9 Å². The van der Waals surface area contributed by atoms with Crippen molar-refractivity contribution in [1.82, 2.24) is 10.6 Å². The van der Waals surface area contributed by atoms with Crippen molar-refractivity contribution < 1.29 is 33.4 Å². The summed E-state index contributed by atoms with van der Waals surface area (Å²) in [5.74, 6) is 0.235. The molecular weight excluding hydrogens is 516 g/mol. The Balaban J connectivity index is 2.54. The molecule has 0 aliphatic heterocycles. The molecule has 0 aliphatic rings. The fourth-order valence-electron chi connectivity index (χ4n) is 2.80. The Kier molecular flexibility index (Phi) is 13.9. The number of rotatable bonds is 13. The van der Waals surface area contributed by atoms with Gasteiger partial charge in [0.05, 0.1) is 6.04 Å². The van der Waals surface area contributed by atoms with Crippen LogP contribution >= 0.6 is 21.6 Å². The highest BCUT2D eigenvalue weighted by Gasteiger charge is 2.26. The summed E-state index contributed by atoms with van der Waals surface area (Å²) in [5, 5.41) is 5.21. The van der Waals surface area contributed by atoms with Gasteiger partial charge in [0, 0.05) is 11.5 Å². The van der Waals surface area contributed by atoms with Crippen molar-refractivity contribution in [2.75, 3.05) is 11.5 Å². The summed E-state index contributed by atoms with van der Waals surface area (Å²) >= 11 is 0. The molecule has 0 heterocycles. The molecule has 0 unspecified atom stereocenters. The Hall–Kier alpha value is -2.40. The van der Waals surface area contributed by atoms with Gasteiger partial charge in [-0.25, -0.2) is 14.4 Å². The fourth-order valence-corrected chi connectivity index (χ4v) is 5.05. The Morgan fingerprint density at radius 2 is 1.38 bits per heavy atom. The molecule has 2 atom stereocenters. The van der Waals surface area contributed by atoms with Gasteiger partial charge in [-0.15, -0.1) is 0 Å². The van der Waals surface area contributed by atoms with Crippen LogP contribution in [-0.2, 0) is 30.4 Å². The Morgan fingerprint density at radius 1 is 0.838 bits per heavy atom. The highest BCUT2D eigenvalue weighted by Crippen LogP contribution is 2.24. The van der Waals surface area contributed by atoms with Crippen LogP contribution < -0.4 is 10.6 Å². The molecule has 0 saturated heterocycles. The van der Waals surface area contributed by atoms with Gasteiger partial charge in [0.1, 0.15) is 23.9 Å². The van der Waals surface area contributed by atoms with E-state index in [1.165, 1.54) is 28.5 Å². The molecule has 0 radical (unpaired) electrons. The lowest BCUT2D eigenvalue weighted by Gasteiger charge is -2.23. The minimum Gasteiger partial charge on any atom is -0.459 e. The lowest BCUT2D eigenvalue weighted by atomic mass is 10.1. The second kappa shape index (κ2) is 15.8. The summed E-state index contributed by atoms with van der Waals surface area (Å²) < 4.78 is 15.9. The number of nitrogens with one attached hydrogen (secondary N) is 2. The molecular formula is C26H40N2O7S2. The van der Waals surface area contributed by atoms with Crippen LogP contribution in [0.4, 0.5) is 9.59 Å². The summed E-state index contributed by atoms with van der Waals surface area (Å²) in [6.07, 6.45) is -0.210. The first kappa shape index (κ1) is 32.6. The number of hydrogen-bond donors (Lipinski definition) is 2. The molecule has 0 spiro atoms. The first-order valence-electron chi connectivity index (χ1n) is 12.1. The summed E-state index contributed by atoms with van der Waals surface area (Å²) in [5.41, 5.74) is -0.510. The van der Waals surface area contributed by atoms with Gasteiger partial charge in [-0.1, -0.05) is 51.9 Å². The van der Waals surface area contributed by atoms with E-state index < -0.39 is 41.4 Å². The summed E-state index contributed by atoms with van der Waals surface area (Å²) in [4.78, 5) is 48.9. The van der Waals surface area contributed by atoms with Crippen molar-refractivity contribution in [2.45, 2.75) is 91.2 Å². The Bertz CT molecular complexity index is 883. The van der Waals surface area contributed by atoms with E-state index in [4.69, 9.17) is 14.2 Å². The summed E-state index contributed by atoms with van der Waals surface area (Å²) in [6, 6.07) is 7.75. The third-order valence-corrected chi connectivity index (χ3v) is 6.92. The lowest BCUT2D eigenvalue weighted by molar-refractivity contribution is -0.146. The maximum atomic E-state index is 12.7. The number of esters is 1. The molecule has 1 aromatic carbocycles. The van der Waals surface area contributed by atoms with E-state index in [2.05, 4.69) is 10.6 Å². The number of alkyl carbamates (subject to hydrolysis) is 2. The van der Waals surface area contributed by atoms with Gasteiger partial charge in [-0.05, 0) is 66.9 Å². The largest absolute Gasteiger partial charge is 0.459 e. The zero-order valence-corrected chi connectivity index (χ0v) is 24.4. The topological polar surface area (TPSA) is 120 Å². The van der Waals surface area contributed by atoms with Crippen molar-refractivity contribution in [3.63, 3.8) is 0 Å². The zero-order valence-electron chi connectivity index (χ0n) is 22.8. The lowest BCUT2D eigenvalue weighted by Crippen LogP contribution is -2.45. The minimum absolute atomic E-state index is 0.0983. The number of ether oxygens (including phenoxy) is 3. The molecule has 9 nitrogen and oxygen atoms in total. The average molecular weight is 557 g/mol. The average Bonchev–Trinajstić information content (AvgIpc) is 2.76. The van der Waals surface area contributed by atoms with E-state index >= 15 is 0 Å². The van der Waals surface area contributed by atoms with E-state index in [9.17, 15) is 19.2 Å². The maximum absolute atomic E-state index is 12.7. The van der Waals surface area contributed by atoms with Gasteiger partial charge in [0.25, 0.3) is 0 Å². The molecule has 11 heteroatoms. The van der Waals surface area contributed by atoms with Gasteiger partial charge in [0.15, 0.2) is 5.78 Å². The molecule has 2 amide bonds. The molecule has 37 heavy (non-hydrogen) atoms. The van der Waals surface area contributed by atoms with Crippen molar-refractivity contribution in [2.24, 2.45) is 0 Å². The van der Waals surface area contributed by atoms with Crippen LogP contribution in [0.3, 0.4) is 0 Å². The number of benzene rings is 1. The number of hydrogen-bond acceptors (Lipinski definition) is 9. The van der Waals surface area contributed by atoms with Crippen LogP contribution in [0.15, 0.2) is 30.3 Å². The fraction of sp³-hybridized carbons (Fsp3) is 0.615. The number of amides is 2. The van der Waals surface area contributed by atoms with Gasteiger partial charge < -0.3 is 24.8 Å². The van der Waals surface area contributed by atoms with Crippen molar-refractivity contribution in [3.8, 4) is 0 Å².